The minimum absolute atomic E-state index is 0.112. The highest BCUT2D eigenvalue weighted by Gasteiger charge is 2.42. The predicted octanol–water partition coefficient (Wildman–Crippen LogP) is 1.99. The van der Waals surface area contributed by atoms with Gasteiger partial charge in [-0.3, -0.25) is 0 Å². The summed E-state index contributed by atoms with van der Waals surface area (Å²) in [5.74, 6) is 1.41. The van der Waals surface area contributed by atoms with Gasteiger partial charge >= 0.3 is 0 Å². The van der Waals surface area contributed by atoms with Crippen molar-refractivity contribution in [3.8, 4) is 11.5 Å². The fraction of sp³-hybridized carbons (Fsp3) is 0.600. The smallest absolute Gasteiger partial charge is 0.163 e. The molecule has 2 aliphatic rings. The second kappa shape index (κ2) is 5.50. The number of hydrogen-bond acceptors (Lipinski definition) is 5. The first kappa shape index (κ1) is 13.5. The summed E-state index contributed by atoms with van der Waals surface area (Å²) in [6.07, 6.45) is 2.78. The monoisotopic (exact) mass is 279 g/mol. The predicted molar refractivity (Wildman–Crippen MR) is 75.2 cm³/mol. The van der Waals surface area contributed by atoms with Crippen molar-refractivity contribution in [2.45, 2.75) is 31.0 Å². The first-order valence-electron chi connectivity index (χ1n) is 7.03. The van der Waals surface area contributed by atoms with Crippen molar-refractivity contribution in [2.75, 3.05) is 32.7 Å². The van der Waals surface area contributed by atoms with Crippen LogP contribution in [-0.2, 0) is 9.47 Å². The molecule has 0 radical (unpaired) electrons. The summed E-state index contributed by atoms with van der Waals surface area (Å²) in [5.41, 5.74) is 6.34. The first-order valence-corrected chi connectivity index (χ1v) is 7.03. The molecule has 2 N–H and O–H groups in total. The maximum atomic E-state index is 6.10. The lowest BCUT2D eigenvalue weighted by Crippen LogP contribution is -2.44. The Morgan fingerprint density at radius 1 is 1.30 bits per heavy atom. The summed E-state index contributed by atoms with van der Waals surface area (Å²) in [7, 11) is 1.63. The van der Waals surface area contributed by atoms with E-state index in [2.05, 4.69) is 0 Å². The molecule has 0 aliphatic carbocycles. The van der Waals surface area contributed by atoms with Crippen molar-refractivity contribution >= 4 is 5.69 Å². The van der Waals surface area contributed by atoms with Crippen molar-refractivity contribution < 1.29 is 18.9 Å². The summed E-state index contributed by atoms with van der Waals surface area (Å²) in [4.78, 5) is 0. The van der Waals surface area contributed by atoms with Crippen LogP contribution in [-0.4, -0.2) is 38.6 Å². The molecule has 0 amide bonds. The molecular weight excluding hydrogens is 258 g/mol. The largest absolute Gasteiger partial charge is 0.493 e. The van der Waals surface area contributed by atoms with Gasteiger partial charge in [-0.15, -0.1) is 0 Å². The minimum atomic E-state index is -0.156. The Morgan fingerprint density at radius 3 is 2.95 bits per heavy atom. The number of nitrogen functional groups attached to an aromatic ring is 1. The maximum Gasteiger partial charge on any atom is 0.163 e. The summed E-state index contributed by atoms with van der Waals surface area (Å²) >= 11 is 0. The zero-order valence-corrected chi connectivity index (χ0v) is 11.8. The molecule has 0 bridgehead atoms. The average molecular weight is 279 g/mol. The highest BCUT2D eigenvalue weighted by molar-refractivity contribution is 5.52. The third-order valence-corrected chi connectivity index (χ3v) is 4.00. The number of rotatable bonds is 3. The van der Waals surface area contributed by atoms with E-state index in [4.69, 9.17) is 24.7 Å². The van der Waals surface area contributed by atoms with E-state index in [0.29, 0.717) is 30.4 Å². The minimum Gasteiger partial charge on any atom is -0.493 e. The molecule has 2 saturated heterocycles. The van der Waals surface area contributed by atoms with Crippen LogP contribution < -0.4 is 15.2 Å². The molecule has 0 aromatic heterocycles. The van der Waals surface area contributed by atoms with Crippen LogP contribution in [0.5, 0.6) is 11.5 Å². The molecule has 1 spiro atoms. The van der Waals surface area contributed by atoms with Crippen molar-refractivity contribution in [3.63, 3.8) is 0 Å². The Labute approximate surface area is 118 Å². The zero-order chi connectivity index (χ0) is 14.0. The topological polar surface area (TPSA) is 62.9 Å². The molecule has 110 valence electrons. The molecular formula is C15H21NO4. The van der Waals surface area contributed by atoms with Gasteiger partial charge in [0.1, 0.15) is 6.10 Å². The van der Waals surface area contributed by atoms with Crippen LogP contribution in [0, 0.1) is 0 Å². The van der Waals surface area contributed by atoms with Gasteiger partial charge in [0, 0.05) is 37.6 Å². The van der Waals surface area contributed by atoms with Gasteiger partial charge in [-0.05, 0) is 12.1 Å². The van der Waals surface area contributed by atoms with Crippen LogP contribution in [0.25, 0.3) is 0 Å². The summed E-state index contributed by atoms with van der Waals surface area (Å²) in [6, 6.07) is 5.45. The standard InChI is InChI=1S/C15H21NO4/c1-17-13-3-2-11(16)8-14(13)20-12-4-6-19-15(9-12)5-7-18-10-15/h2-3,8,12H,4-7,9-10,16H2,1H3. The summed E-state index contributed by atoms with van der Waals surface area (Å²) in [5, 5.41) is 0. The molecule has 3 rings (SSSR count). The third kappa shape index (κ3) is 2.69. The third-order valence-electron chi connectivity index (χ3n) is 4.00. The van der Waals surface area contributed by atoms with E-state index in [1.54, 1.807) is 7.11 Å². The molecule has 2 atom stereocenters. The van der Waals surface area contributed by atoms with Gasteiger partial charge in [0.05, 0.1) is 25.9 Å². The van der Waals surface area contributed by atoms with Crippen molar-refractivity contribution in [3.05, 3.63) is 18.2 Å². The lowest BCUT2D eigenvalue weighted by Gasteiger charge is -2.37. The van der Waals surface area contributed by atoms with Gasteiger partial charge < -0.3 is 24.7 Å². The van der Waals surface area contributed by atoms with Gasteiger partial charge in [0.15, 0.2) is 11.5 Å². The van der Waals surface area contributed by atoms with Crippen LogP contribution in [0.15, 0.2) is 18.2 Å². The highest BCUT2D eigenvalue weighted by atomic mass is 16.6. The first-order chi connectivity index (χ1) is 9.71. The van der Waals surface area contributed by atoms with Crippen molar-refractivity contribution in [2.24, 2.45) is 0 Å². The van der Waals surface area contributed by atoms with Gasteiger partial charge in [-0.1, -0.05) is 0 Å². The molecule has 2 fully saturated rings. The van der Waals surface area contributed by atoms with E-state index >= 15 is 0 Å². The van der Waals surface area contributed by atoms with Gasteiger partial charge in [-0.25, -0.2) is 0 Å². The molecule has 0 saturated carbocycles. The Hall–Kier alpha value is -1.46. The summed E-state index contributed by atoms with van der Waals surface area (Å²) < 4.78 is 22.8. The Kier molecular flexibility index (Phi) is 3.72. The van der Waals surface area contributed by atoms with E-state index in [1.807, 2.05) is 18.2 Å². The van der Waals surface area contributed by atoms with Crippen LogP contribution in [0.4, 0.5) is 5.69 Å². The zero-order valence-electron chi connectivity index (χ0n) is 11.8. The quantitative estimate of drug-likeness (QED) is 0.857. The van der Waals surface area contributed by atoms with E-state index in [0.717, 1.165) is 25.9 Å². The van der Waals surface area contributed by atoms with Crippen LogP contribution >= 0.6 is 0 Å². The molecule has 2 aliphatic heterocycles. The number of ether oxygens (including phenoxy) is 4. The van der Waals surface area contributed by atoms with Crippen LogP contribution in [0.1, 0.15) is 19.3 Å². The number of hydrogen-bond donors (Lipinski definition) is 1. The van der Waals surface area contributed by atoms with Gasteiger partial charge in [0.25, 0.3) is 0 Å². The molecule has 1 aromatic rings. The van der Waals surface area contributed by atoms with Crippen molar-refractivity contribution in [1.82, 2.24) is 0 Å². The van der Waals surface area contributed by atoms with E-state index in [-0.39, 0.29) is 11.7 Å². The lowest BCUT2D eigenvalue weighted by atomic mass is 9.91. The highest BCUT2D eigenvalue weighted by Crippen LogP contribution is 2.37. The lowest BCUT2D eigenvalue weighted by molar-refractivity contribution is -0.112. The Bertz CT molecular complexity index is 471. The fourth-order valence-electron chi connectivity index (χ4n) is 2.91. The van der Waals surface area contributed by atoms with Gasteiger partial charge in [-0.2, -0.15) is 0 Å². The molecule has 20 heavy (non-hydrogen) atoms. The maximum absolute atomic E-state index is 6.10. The number of nitrogens with two attached hydrogens (primary N) is 1. The molecule has 5 heteroatoms. The Morgan fingerprint density at radius 2 is 2.20 bits per heavy atom. The average Bonchev–Trinajstić information content (AvgIpc) is 2.87. The van der Waals surface area contributed by atoms with E-state index in [1.165, 1.54) is 0 Å². The number of benzene rings is 1. The second-order valence-electron chi connectivity index (χ2n) is 5.48. The molecule has 1 aromatic carbocycles. The summed E-state index contributed by atoms with van der Waals surface area (Å²) in [6.45, 7) is 2.15. The van der Waals surface area contributed by atoms with E-state index < -0.39 is 0 Å². The second-order valence-corrected chi connectivity index (χ2v) is 5.48. The fourth-order valence-corrected chi connectivity index (χ4v) is 2.91. The SMILES string of the molecule is COc1ccc(N)cc1OC1CCOC2(CCOC2)C1. The molecule has 2 heterocycles. The normalized spacial score (nSPS) is 29.6. The number of methoxy groups -OCH3 is 1. The van der Waals surface area contributed by atoms with Crippen LogP contribution in [0.3, 0.4) is 0 Å². The Balaban J connectivity index is 1.72. The van der Waals surface area contributed by atoms with Crippen molar-refractivity contribution in [1.29, 1.82) is 0 Å². The number of anilines is 1. The molecule has 5 nitrogen and oxygen atoms in total. The van der Waals surface area contributed by atoms with Crippen LogP contribution in [0.2, 0.25) is 0 Å². The molecule has 2 unspecified atom stereocenters. The van der Waals surface area contributed by atoms with E-state index in [9.17, 15) is 0 Å². The van der Waals surface area contributed by atoms with Gasteiger partial charge in [0.2, 0.25) is 0 Å².